The fourth-order valence-corrected chi connectivity index (χ4v) is 3.79. The Labute approximate surface area is 179 Å². The van der Waals surface area contributed by atoms with Crippen LogP contribution in [0.2, 0.25) is 0 Å². The zero-order chi connectivity index (χ0) is 21.5. The summed E-state index contributed by atoms with van der Waals surface area (Å²) in [5.41, 5.74) is 1.34. The summed E-state index contributed by atoms with van der Waals surface area (Å²) in [5, 5.41) is 0. The molecule has 8 heteroatoms. The van der Waals surface area contributed by atoms with E-state index < -0.39 is 11.8 Å². The first-order valence-corrected chi connectivity index (χ1v) is 11.3. The highest BCUT2D eigenvalue weighted by atomic mass is 32.1. The first-order valence-electron chi connectivity index (χ1n) is 10.5. The number of likely N-dealkylation sites (N-methyl/N-ethyl adjacent to an activating group) is 1. The number of carbonyl (C=O) groups is 1. The normalized spacial score (nSPS) is 20.7. The van der Waals surface area contributed by atoms with E-state index in [4.69, 9.17) is 14.2 Å². The zero-order valence-electron chi connectivity index (χ0n) is 18.7. The molecule has 0 bridgehead atoms. The van der Waals surface area contributed by atoms with Crippen molar-refractivity contribution in [3.05, 3.63) is 11.8 Å². The van der Waals surface area contributed by atoms with Crippen LogP contribution in [0.5, 0.6) is 5.88 Å². The summed E-state index contributed by atoms with van der Waals surface area (Å²) in [6.07, 6.45) is 6.73. The fourth-order valence-electron chi connectivity index (χ4n) is 3.26. The van der Waals surface area contributed by atoms with Gasteiger partial charge in [-0.2, -0.15) is 4.37 Å². The molecule has 1 unspecified atom stereocenters. The van der Waals surface area contributed by atoms with E-state index in [0.29, 0.717) is 23.5 Å². The number of hydrogen-bond acceptors (Lipinski definition) is 7. The molecule has 0 aliphatic carbocycles. The van der Waals surface area contributed by atoms with Gasteiger partial charge in [0.15, 0.2) is 0 Å². The molecule has 1 aliphatic heterocycles. The van der Waals surface area contributed by atoms with Gasteiger partial charge < -0.3 is 14.2 Å². The van der Waals surface area contributed by atoms with E-state index in [1.807, 2.05) is 27.7 Å². The molecule has 0 aromatic carbocycles. The molecule has 1 aliphatic rings. The lowest BCUT2D eigenvalue weighted by Gasteiger charge is -2.41. The third kappa shape index (κ3) is 7.26. The lowest BCUT2D eigenvalue weighted by molar-refractivity contribution is -0.944. The maximum absolute atomic E-state index is 12.1. The topological polar surface area (TPSA) is 70.5 Å². The van der Waals surface area contributed by atoms with Gasteiger partial charge in [0.05, 0.1) is 31.9 Å². The van der Waals surface area contributed by atoms with E-state index in [2.05, 4.69) is 28.8 Å². The van der Waals surface area contributed by atoms with Gasteiger partial charge >= 0.3 is 6.16 Å². The molecule has 164 valence electrons. The van der Waals surface area contributed by atoms with Crippen LogP contribution >= 0.6 is 11.7 Å². The molecule has 7 nitrogen and oxygen atoms in total. The first kappa shape index (κ1) is 23.6. The minimum Gasteiger partial charge on any atom is -0.475 e. The van der Waals surface area contributed by atoms with Crippen molar-refractivity contribution in [2.45, 2.75) is 78.6 Å². The van der Waals surface area contributed by atoms with Crippen molar-refractivity contribution in [3.8, 4) is 5.88 Å². The minimum absolute atomic E-state index is 0.335. The summed E-state index contributed by atoms with van der Waals surface area (Å²) >= 11 is 1.18. The molecule has 0 spiro atoms. The number of unbranched alkanes of at least 4 members (excludes halogenated alkanes) is 3. The van der Waals surface area contributed by atoms with Crippen molar-refractivity contribution in [2.24, 2.45) is 0 Å². The molecule has 2 rings (SSSR count). The summed E-state index contributed by atoms with van der Waals surface area (Å²) < 4.78 is 26.2. The number of carbonyl (C=O) groups excluding carboxylic acids is 1. The van der Waals surface area contributed by atoms with E-state index in [9.17, 15) is 4.79 Å². The predicted octanol–water partition coefficient (Wildman–Crippen LogP) is 5.03. The monoisotopic (exact) mass is 426 g/mol. The van der Waals surface area contributed by atoms with Crippen LogP contribution in [0.1, 0.15) is 72.4 Å². The van der Waals surface area contributed by atoms with E-state index in [-0.39, 0.29) is 6.23 Å². The van der Waals surface area contributed by atoms with Crippen LogP contribution in [0.25, 0.3) is 5.57 Å². The Morgan fingerprint density at radius 2 is 2.03 bits per heavy atom. The maximum Gasteiger partial charge on any atom is 0.513 e. The summed E-state index contributed by atoms with van der Waals surface area (Å²) in [4.78, 5) is 12.1. The average Bonchev–Trinajstić information content (AvgIpc) is 3.08. The summed E-state index contributed by atoms with van der Waals surface area (Å²) in [7, 11) is 2.09. The van der Waals surface area contributed by atoms with Gasteiger partial charge in [-0.05, 0) is 27.2 Å². The second-order valence-electron chi connectivity index (χ2n) is 8.89. The van der Waals surface area contributed by atoms with Crippen molar-refractivity contribution in [1.29, 1.82) is 0 Å². The van der Waals surface area contributed by atoms with Crippen molar-refractivity contribution in [3.63, 3.8) is 0 Å². The van der Waals surface area contributed by atoms with Crippen LogP contribution in [0, 0.1) is 0 Å². The molecule has 2 atom stereocenters. The minimum atomic E-state index is -0.633. The molecule has 0 radical (unpaired) electrons. The molecule has 29 heavy (non-hydrogen) atoms. The van der Waals surface area contributed by atoms with E-state index in [0.717, 1.165) is 30.7 Å². The third-order valence-corrected chi connectivity index (χ3v) is 5.61. The van der Waals surface area contributed by atoms with Gasteiger partial charge in [-0.3, -0.25) is 4.48 Å². The van der Waals surface area contributed by atoms with E-state index in [1.54, 1.807) is 0 Å². The zero-order valence-corrected chi connectivity index (χ0v) is 19.5. The molecule has 1 aromatic rings. The number of rotatable bonds is 9. The van der Waals surface area contributed by atoms with Gasteiger partial charge in [-0.15, -0.1) is 4.37 Å². The number of hydrogen-bond donors (Lipinski definition) is 0. The number of ether oxygens (including phenoxy) is 3. The summed E-state index contributed by atoms with van der Waals surface area (Å²) in [6, 6.07) is 0. The van der Waals surface area contributed by atoms with Crippen LogP contribution in [0.15, 0.2) is 6.08 Å². The quantitative estimate of drug-likeness (QED) is 0.313. The van der Waals surface area contributed by atoms with Gasteiger partial charge in [0.2, 0.25) is 6.23 Å². The standard InChI is InChI=1S/C21H36N3O4S/c1-7-8-9-10-14-26-19-18(22-29-23-19)17-12-11-13-24(6,15-17)16(2)27-20(25)28-21(3,4)5/h12,16H,7-11,13-15H2,1-6H3/q+1/t16-,24?/m1/s1. The smallest absolute Gasteiger partial charge is 0.475 e. The van der Waals surface area contributed by atoms with Crippen LogP contribution in [0.4, 0.5) is 4.79 Å². The highest BCUT2D eigenvalue weighted by molar-refractivity contribution is 6.99. The molecule has 1 aromatic heterocycles. The second-order valence-corrected chi connectivity index (χ2v) is 9.42. The predicted molar refractivity (Wildman–Crippen MR) is 115 cm³/mol. The molecule has 0 saturated carbocycles. The largest absolute Gasteiger partial charge is 0.513 e. The van der Waals surface area contributed by atoms with Crippen LogP contribution in [0.3, 0.4) is 0 Å². The molecule has 0 N–H and O–H groups in total. The molecule has 0 saturated heterocycles. The Morgan fingerprint density at radius 3 is 2.72 bits per heavy atom. The Morgan fingerprint density at radius 1 is 1.28 bits per heavy atom. The molecule has 2 heterocycles. The lowest BCUT2D eigenvalue weighted by atomic mass is 10.0. The third-order valence-electron chi connectivity index (χ3n) is 5.10. The van der Waals surface area contributed by atoms with Gasteiger partial charge in [-0.1, -0.05) is 32.3 Å². The van der Waals surface area contributed by atoms with Crippen molar-refractivity contribution in [1.82, 2.24) is 8.75 Å². The van der Waals surface area contributed by atoms with E-state index >= 15 is 0 Å². The summed E-state index contributed by atoms with van der Waals surface area (Å²) in [6.45, 7) is 11.8. The Balaban J connectivity index is 1.98. The molecule has 0 fully saturated rings. The molecular formula is C21H36N3O4S+. The van der Waals surface area contributed by atoms with Gasteiger partial charge in [0.1, 0.15) is 17.8 Å². The molecular weight excluding hydrogens is 390 g/mol. The highest BCUT2D eigenvalue weighted by Crippen LogP contribution is 2.31. The average molecular weight is 427 g/mol. The van der Waals surface area contributed by atoms with Gasteiger partial charge in [-0.25, -0.2) is 4.79 Å². The van der Waals surface area contributed by atoms with Gasteiger partial charge in [0, 0.05) is 18.9 Å². The van der Waals surface area contributed by atoms with Gasteiger partial charge in [0.25, 0.3) is 5.88 Å². The number of aromatic nitrogens is 2. The number of quaternary nitrogens is 1. The lowest BCUT2D eigenvalue weighted by Crippen LogP contribution is -2.55. The Kier molecular flexibility index (Phi) is 8.46. The maximum atomic E-state index is 12.1. The fraction of sp³-hybridized carbons (Fsp3) is 0.762. The first-order chi connectivity index (χ1) is 13.6. The van der Waals surface area contributed by atoms with Crippen molar-refractivity contribution >= 4 is 23.5 Å². The van der Waals surface area contributed by atoms with Crippen molar-refractivity contribution < 1.29 is 23.5 Å². The number of nitrogens with zero attached hydrogens (tertiary/aromatic N) is 3. The van der Waals surface area contributed by atoms with Crippen LogP contribution < -0.4 is 4.74 Å². The van der Waals surface area contributed by atoms with E-state index in [1.165, 1.54) is 31.0 Å². The summed E-state index contributed by atoms with van der Waals surface area (Å²) in [5.74, 6) is 0.618. The Bertz CT molecular complexity index is 698. The molecule has 0 amide bonds. The van der Waals surface area contributed by atoms with Crippen LogP contribution in [-0.2, 0) is 9.47 Å². The SMILES string of the molecule is CCCCCCOc1nsnc1C1=CCC[N+](C)([C@@H](C)OC(=O)OC(C)(C)C)C1. The van der Waals surface area contributed by atoms with Crippen molar-refractivity contribution in [2.75, 3.05) is 26.7 Å². The second kappa shape index (κ2) is 10.4. The highest BCUT2D eigenvalue weighted by Gasteiger charge is 2.37. The van der Waals surface area contributed by atoms with Crippen LogP contribution in [-0.4, -0.2) is 58.0 Å². The Hall–Kier alpha value is -1.67.